The molecular formula is C18H16N4O6. The van der Waals surface area contributed by atoms with Crippen molar-refractivity contribution in [1.29, 1.82) is 0 Å². The van der Waals surface area contributed by atoms with Gasteiger partial charge in [-0.3, -0.25) is 24.3 Å². The largest absolute Gasteiger partial charge is 0.497 e. The molecule has 0 unspecified atom stereocenters. The molecule has 0 aliphatic rings. The lowest BCUT2D eigenvalue weighted by atomic mass is 10.2. The molecule has 0 saturated carbocycles. The SMILES string of the molecule is COc1ccc(NC(=O)Cn2cnc3cc([N+](=O)[O-])ccc3c2=O)c(OC)c1. The van der Waals surface area contributed by atoms with Crippen molar-refractivity contribution in [2.75, 3.05) is 19.5 Å². The molecule has 10 nitrogen and oxygen atoms in total. The predicted molar refractivity (Wildman–Crippen MR) is 101 cm³/mol. The molecule has 0 aliphatic carbocycles. The van der Waals surface area contributed by atoms with Gasteiger partial charge < -0.3 is 14.8 Å². The molecule has 0 atom stereocenters. The smallest absolute Gasteiger partial charge is 0.271 e. The Labute approximate surface area is 158 Å². The van der Waals surface area contributed by atoms with Crippen LogP contribution < -0.4 is 20.3 Å². The number of methoxy groups -OCH3 is 2. The average Bonchev–Trinajstić information content (AvgIpc) is 2.70. The van der Waals surface area contributed by atoms with Crippen molar-refractivity contribution in [3.63, 3.8) is 0 Å². The van der Waals surface area contributed by atoms with Crippen molar-refractivity contribution in [3.05, 3.63) is 63.2 Å². The van der Waals surface area contributed by atoms with Crippen LogP contribution in [0.15, 0.2) is 47.5 Å². The van der Waals surface area contributed by atoms with Crippen LogP contribution in [0.25, 0.3) is 10.9 Å². The average molecular weight is 384 g/mol. The Morgan fingerprint density at radius 2 is 2.00 bits per heavy atom. The van der Waals surface area contributed by atoms with Gasteiger partial charge in [0.05, 0.1) is 42.1 Å². The number of hydrogen-bond acceptors (Lipinski definition) is 7. The standard InChI is InChI=1S/C18H16N4O6/c1-27-12-4-6-14(16(8-12)28-2)20-17(23)9-21-10-19-15-7-11(22(25)26)3-5-13(15)18(21)24/h3-8,10H,9H2,1-2H3,(H,20,23). The lowest BCUT2D eigenvalue weighted by molar-refractivity contribution is -0.384. The Morgan fingerprint density at radius 1 is 1.21 bits per heavy atom. The van der Waals surface area contributed by atoms with Crippen molar-refractivity contribution < 1.29 is 19.2 Å². The zero-order chi connectivity index (χ0) is 20.3. The molecule has 0 radical (unpaired) electrons. The summed E-state index contributed by atoms with van der Waals surface area (Å²) >= 11 is 0. The Hall–Kier alpha value is -3.95. The predicted octanol–water partition coefficient (Wildman–Crippen LogP) is 1.96. The molecule has 0 fully saturated rings. The number of nitro benzene ring substituents is 1. The molecule has 10 heteroatoms. The summed E-state index contributed by atoms with van der Waals surface area (Å²) in [7, 11) is 2.97. The maximum atomic E-state index is 12.5. The first-order chi connectivity index (χ1) is 13.4. The van der Waals surface area contributed by atoms with Crippen LogP contribution in [0.5, 0.6) is 11.5 Å². The maximum Gasteiger partial charge on any atom is 0.271 e. The van der Waals surface area contributed by atoms with Crippen molar-refractivity contribution in [3.8, 4) is 11.5 Å². The zero-order valence-electron chi connectivity index (χ0n) is 15.0. The van der Waals surface area contributed by atoms with Gasteiger partial charge in [0.15, 0.2) is 0 Å². The van der Waals surface area contributed by atoms with E-state index in [0.717, 1.165) is 4.57 Å². The monoisotopic (exact) mass is 384 g/mol. The Balaban J connectivity index is 1.83. The van der Waals surface area contributed by atoms with Gasteiger partial charge in [-0.05, 0) is 18.2 Å². The van der Waals surface area contributed by atoms with Crippen LogP contribution in [0.4, 0.5) is 11.4 Å². The number of non-ortho nitro benzene ring substituents is 1. The van der Waals surface area contributed by atoms with E-state index < -0.39 is 16.4 Å². The van der Waals surface area contributed by atoms with Crippen molar-refractivity contribution >= 4 is 28.2 Å². The molecule has 0 saturated heterocycles. The molecule has 3 rings (SSSR count). The lowest BCUT2D eigenvalue weighted by Crippen LogP contribution is -2.28. The van der Waals surface area contributed by atoms with Crippen molar-refractivity contribution in [2.45, 2.75) is 6.54 Å². The van der Waals surface area contributed by atoms with Crippen LogP contribution >= 0.6 is 0 Å². The van der Waals surface area contributed by atoms with Gasteiger partial charge in [0.25, 0.3) is 11.2 Å². The van der Waals surface area contributed by atoms with Crippen LogP contribution in [0.3, 0.4) is 0 Å². The Morgan fingerprint density at radius 3 is 2.68 bits per heavy atom. The van der Waals surface area contributed by atoms with Crippen LogP contribution in [-0.2, 0) is 11.3 Å². The summed E-state index contributed by atoms with van der Waals surface area (Å²) in [5.41, 5.74) is -0.0309. The Kier molecular flexibility index (Phi) is 5.21. The van der Waals surface area contributed by atoms with Gasteiger partial charge in [0.2, 0.25) is 5.91 Å². The number of amides is 1. The summed E-state index contributed by atoms with van der Waals surface area (Å²) < 4.78 is 11.4. The highest BCUT2D eigenvalue weighted by Crippen LogP contribution is 2.29. The van der Waals surface area contributed by atoms with E-state index in [1.54, 1.807) is 18.2 Å². The van der Waals surface area contributed by atoms with E-state index in [-0.39, 0.29) is 23.1 Å². The molecule has 3 aromatic rings. The van der Waals surface area contributed by atoms with Crippen LogP contribution in [0.1, 0.15) is 0 Å². The minimum atomic E-state index is -0.567. The number of hydrogen-bond donors (Lipinski definition) is 1. The fourth-order valence-electron chi connectivity index (χ4n) is 2.62. The number of anilines is 1. The molecule has 0 aliphatic heterocycles. The van der Waals surface area contributed by atoms with Gasteiger partial charge in [0.1, 0.15) is 18.0 Å². The third-order valence-electron chi connectivity index (χ3n) is 4.02. The molecular weight excluding hydrogens is 368 g/mol. The van der Waals surface area contributed by atoms with Crippen molar-refractivity contribution in [1.82, 2.24) is 9.55 Å². The molecule has 1 N–H and O–H groups in total. The fraction of sp³-hybridized carbons (Fsp3) is 0.167. The van der Waals surface area contributed by atoms with Gasteiger partial charge in [-0.15, -0.1) is 0 Å². The van der Waals surface area contributed by atoms with Crippen LogP contribution in [0.2, 0.25) is 0 Å². The molecule has 0 spiro atoms. The first kappa shape index (κ1) is 18.8. The number of carbonyl (C=O) groups excluding carboxylic acids is 1. The zero-order valence-corrected chi connectivity index (χ0v) is 15.0. The quantitative estimate of drug-likeness (QED) is 0.508. The second kappa shape index (κ2) is 7.74. The van der Waals surface area contributed by atoms with Gasteiger partial charge in [-0.2, -0.15) is 0 Å². The van der Waals surface area contributed by atoms with E-state index in [2.05, 4.69) is 10.3 Å². The second-order valence-electron chi connectivity index (χ2n) is 5.75. The summed E-state index contributed by atoms with van der Waals surface area (Å²) in [5, 5.41) is 13.7. The van der Waals surface area contributed by atoms with E-state index in [4.69, 9.17) is 9.47 Å². The first-order valence-corrected chi connectivity index (χ1v) is 8.08. The molecule has 1 aromatic heterocycles. The summed E-state index contributed by atoms with van der Waals surface area (Å²) in [6.07, 6.45) is 1.18. The summed E-state index contributed by atoms with van der Waals surface area (Å²) in [6, 6.07) is 8.66. The molecule has 28 heavy (non-hydrogen) atoms. The van der Waals surface area contributed by atoms with E-state index >= 15 is 0 Å². The number of fused-ring (bicyclic) bond motifs is 1. The Bertz CT molecular complexity index is 1120. The van der Waals surface area contributed by atoms with E-state index in [0.29, 0.717) is 17.2 Å². The van der Waals surface area contributed by atoms with Gasteiger partial charge in [0, 0.05) is 18.2 Å². The third-order valence-corrected chi connectivity index (χ3v) is 4.02. The minimum Gasteiger partial charge on any atom is -0.497 e. The minimum absolute atomic E-state index is 0.165. The second-order valence-corrected chi connectivity index (χ2v) is 5.75. The number of nitro groups is 1. The van der Waals surface area contributed by atoms with E-state index in [1.165, 1.54) is 38.7 Å². The number of benzene rings is 2. The van der Waals surface area contributed by atoms with Gasteiger partial charge >= 0.3 is 0 Å². The number of nitrogens with one attached hydrogen (secondary N) is 1. The van der Waals surface area contributed by atoms with E-state index in [9.17, 15) is 19.7 Å². The van der Waals surface area contributed by atoms with Crippen LogP contribution in [0, 0.1) is 10.1 Å². The highest BCUT2D eigenvalue weighted by molar-refractivity contribution is 5.92. The van der Waals surface area contributed by atoms with Crippen molar-refractivity contribution in [2.24, 2.45) is 0 Å². The number of rotatable bonds is 6. The molecule has 144 valence electrons. The summed E-state index contributed by atoms with van der Waals surface area (Å²) in [6.45, 7) is -0.284. The van der Waals surface area contributed by atoms with Gasteiger partial charge in [-0.25, -0.2) is 4.98 Å². The molecule has 0 bridgehead atoms. The summed E-state index contributed by atoms with van der Waals surface area (Å²) in [4.78, 5) is 39.2. The fourth-order valence-corrected chi connectivity index (χ4v) is 2.62. The third kappa shape index (κ3) is 3.75. The highest BCUT2D eigenvalue weighted by Gasteiger charge is 2.13. The lowest BCUT2D eigenvalue weighted by Gasteiger charge is -2.12. The number of ether oxygens (including phenoxy) is 2. The van der Waals surface area contributed by atoms with Crippen LogP contribution in [-0.4, -0.2) is 34.6 Å². The van der Waals surface area contributed by atoms with Gasteiger partial charge in [-0.1, -0.05) is 0 Å². The summed E-state index contributed by atoms with van der Waals surface area (Å²) in [5.74, 6) is 0.511. The topological polar surface area (TPSA) is 126 Å². The number of nitrogens with zero attached hydrogens (tertiary/aromatic N) is 3. The normalized spacial score (nSPS) is 10.5. The maximum absolute atomic E-state index is 12.5. The molecule has 1 amide bonds. The number of aromatic nitrogens is 2. The number of carbonyl (C=O) groups is 1. The highest BCUT2D eigenvalue weighted by atomic mass is 16.6. The molecule has 1 heterocycles. The molecule has 2 aromatic carbocycles. The van der Waals surface area contributed by atoms with E-state index in [1.807, 2.05) is 0 Å². The first-order valence-electron chi connectivity index (χ1n) is 8.08.